The molecule has 1 aromatic carbocycles. The second-order valence-corrected chi connectivity index (χ2v) is 7.52. The minimum Gasteiger partial charge on any atom is -0.444 e. The lowest BCUT2D eigenvalue weighted by molar-refractivity contribution is -0.158. The van der Waals surface area contributed by atoms with Crippen molar-refractivity contribution < 1.29 is 33.8 Å². The highest BCUT2D eigenvalue weighted by molar-refractivity contribution is 8.04. The topological polar surface area (TPSA) is 148 Å². The van der Waals surface area contributed by atoms with Crippen molar-refractivity contribution in [2.75, 3.05) is 13.3 Å². The third kappa shape index (κ3) is 4.20. The Hall–Kier alpha value is -3.05. The zero-order valence-corrected chi connectivity index (χ0v) is 16.2. The van der Waals surface area contributed by atoms with Gasteiger partial charge in [0.05, 0.1) is 16.9 Å². The SMILES string of the molecule is C[C@@H](O)[C@H]1C(=O)N2C(C(=O)OCNC(=O)c3ccccc3)=C(COC(N)=O)S[C@H]12. The number of hydrogen-bond acceptors (Lipinski definition) is 8. The van der Waals surface area contributed by atoms with Crippen molar-refractivity contribution in [3.8, 4) is 0 Å². The average molecular weight is 421 g/mol. The van der Waals surface area contributed by atoms with Crippen LogP contribution in [0.1, 0.15) is 17.3 Å². The molecule has 4 N–H and O–H groups in total. The van der Waals surface area contributed by atoms with E-state index in [1.54, 1.807) is 30.3 Å². The highest BCUT2D eigenvalue weighted by Gasteiger charge is 2.57. The number of carbonyl (C=O) groups excluding carboxylic acids is 4. The number of thioether (sulfide) groups is 1. The van der Waals surface area contributed by atoms with Gasteiger partial charge in [-0.3, -0.25) is 14.5 Å². The molecule has 3 rings (SSSR count). The predicted octanol–water partition coefficient (Wildman–Crippen LogP) is 0.136. The maximum absolute atomic E-state index is 12.6. The molecule has 0 saturated carbocycles. The fraction of sp³-hybridized carbons (Fsp3) is 0.333. The fourth-order valence-electron chi connectivity index (χ4n) is 3.01. The number of amides is 3. The molecule has 2 aliphatic heterocycles. The third-order valence-corrected chi connectivity index (χ3v) is 5.72. The van der Waals surface area contributed by atoms with Gasteiger partial charge in [-0.1, -0.05) is 30.0 Å². The third-order valence-electron chi connectivity index (χ3n) is 4.38. The van der Waals surface area contributed by atoms with Gasteiger partial charge < -0.3 is 25.6 Å². The van der Waals surface area contributed by atoms with Gasteiger partial charge in [0.25, 0.3) is 5.91 Å². The summed E-state index contributed by atoms with van der Waals surface area (Å²) in [5, 5.41) is 11.7. The summed E-state index contributed by atoms with van der Waals surface area (Å²) in [5.74, 6) is -2.43. The predicted molar refractivity (Wildman–Crippen MR) is 101 cm³/mol. The fourth-order valence-corrected chi connectivity index (χ4v) is 4.53. The minimum absolute atomic E-state index is 0.0860. The smallest absolute Gasteiger partial charge is 0.404 e. The summed E-state index contributed by atoms with van der Waals surface area (Å²) >= 11 is 1.12. The van der Waals surface area contributed by atoms with E-state index < -0.39 is 48.0 Å². The monoisotopic (exact) mass is 421 g/mol. The lowest BCUT2D eigenvalue weighted by Crippen LogP contribution is -2.60. The van der Waals surface area contributed by atoms with Gasteiger partial charge in [0.15, 0.2) is 6.73 Å². The molecule has 0 aromatic heterocycles. The molecule has 29 heavy (non-hydrogen) atoms. The van der Waals surface area contributed by atoms with Crippen molar-refractivity contribution in [3.63, 3.8) is 0 Å². The Morgan fingerprint density at radius 2 is 1.97 bits per heavy atom. The highest BCUT2D eigenvalue weighted by Crippen LogP contribution is 2.50. The normalized spacial score (nSPS) is 21.2. The number of esters is 1. The summed E-state index contributed by atoms with van der Waals surface area (Å²) in [6.07, 6.45) is -1.94. The number of carbonyl (C=O) groups is 4. The number of ether oxygens (including phenoxy) is 2. The van der Waals surface area contributed by atoms with Gasteiger partial charge in [0.1, 0.15) is 17.7 Å². The van der Waals surface area contributed by atoms with Crippen LogP contribution in [0.3, 0.4) is 0 Å². The van der Waals surface area contributed by atoms with Crippen molar-refractivity contribution in [1.82, 2.24) is 10.2 Å². The Kier molecular flexibility index (Phi) is 6.09. The van der Waals surface area contributed by atoms with Crippen molar-refractivity contribution in [3.05, 3.63) is 46.5 Å². The first-order chi connectivity index (χ1) is 13.8. The van der Waals surface area contributed by atoms with E-state index in [4.69, 9.17) is 15.2 Å². The number of rotatable bonds is 7. The highest BCUT2D eigenvalue weighted by atomic mass is 32.2. The zero-order chi connectivity index (χ0) is 21.1. The summed E-state index contributed by atoms with van der Waals surface area (Å²) in [4.78, 5) is 49.3. The van der Waals surface area contributed by atoms with E-state index >= 15 is 0 Å². The summed E-state index contributed by atoms with van der Waals surface area (Å²) in [5.41, 5.74) is 5.28. The largest absolute Gasteiger partial charge is 0.444 e. The van der Waals surface area contributed by atoms with E-state index in [-0.39, 0.29) is 17.2 Å². The van der Waals surface area contributed by atoms with Gasteiger partial charge in [-0.2, -0.15) is 0 Å². The summed E-state index contributed by atoms with van der Waals surface area (Å²) < 4.78 is 9.83. The molecule has 1 aromatic rings. The van der Waals surface area contributed by atoms with E-state index in [1.165, 1.54) is 11.8 Å². The molecule has 2 heterocycles. The van der Waals surface area contributed by atoms with Gasteiger partial charge in [-0.05, 0) is 19.1 Å². The molecule has 3 amide bonds. The Bertz CT molecular complexity index is 871. The number of aliphatic hydroxyl groups excluding tert-OH is 1. The summed E-state index contributed by atoms with van der Waals surface area (Å²) in [6.45, 7) is 0.750. The average Bonchev–Trinajstić information content (AvgIpc) is 3.00. The van der Waals surface area contributed by atoms with Gasteiger partial charge in [0.2, 0.25) is 5.91 Å². The first-order valence-corrected chi connectivity index (χ1v) is 9.52. The maximum atomic E-state index is 12.6. The number of benzene rings is 1. The van der Waals surface area contributed by atoms with Crippen LogP contribution in [0.4, 0.5) is 4.79 Å². The molecule has 0 unspecified atom stereocenters. The standard InChI is InChI=1S/C18H19N3O7S/c1-9(22)12-15(24)21-13(11(29-16(12)21)7-27-18(19)26)17(25)28-8-20-14(23)10-5-3-2-4-6-10/h2-6,9,12,16,22H,7-8H2,1H3,(H2,19,26)(H,20,23)/t9-,12+,16-/m1/s1. The molecule has 0 aliphatic carbocycles. The van der Waals surface area contributed by atoms with Crippen molar-refractivity contribution in [1.29, 1.82) is 0 Å². The first-order valence-electron chi connectivity index (χ1n) is 8.64. The quantitative estimate of drug-likeness (QED) is 0.320. The van der Waals surface area contributed by atoms with Crippen LogP contribution in [0.2, 0.25) is 0 Å². The van der Waals surface area contributed by atoms with Crippen LogP contribution in [0.5, 0.6) is 0 Å². The van der Waals surface area contributed by atoms with Crippen LogP contribution in [0.25, 0.3) is 0 Å². The number of primary amides is 1. The van der Waals surface area contributed by atoms with Crippen LogP contribution in [-0.4, -0.2) is 58.7 Å². The molecule has 0 bridgehead atoms. The molecule has 0 spiro atoms. The number of nitrogens with two attached hydrogens (primary N) is 1. The number of fused-ring (bicyclic) bond motifs is 1. The van der Waals surface area contributed by atoms with Gasteiger partial charge >= 0.3 is 12.1 Å². The van der Waals surface area contributed by atoms with Crippen molar-refractivity contribution in [2.24, 2.45) is 11.7 Å². The second-order valence-electron chi connectivity index (χ2n) is 6.31. The Balaban J connectivity index is 1.66. The number of hydrogen-bond donors (Lipinski definition) is 3. The number of β-lactam (4-membered cyclic amide) rings is 1. The van der Waals surface area contributed by atoms with E-state index in [0.717, 1.165) is 11.8 Å². The summed E-state index contributed by atoms with van der Waals surface area (Å²) in [7, 11) is 0. The molecule has 154 valence electrons. The van der Waals surface area contributed by atoms with Gasteiger partial charge in [-0.15, -0.1) is 0 Å². The van der Waals surface area contributed by atoms with E-state index in [9.17, 15) is 24.3 Å². The Labute approximate surface area is 170 Å². The first kappa shape index (κ1) is 20.7. The van der Waals surface area contributed by atoms with Gasteiger partial charge in [-0.25, -0.2) is 9.59 Å². The molecule has 1 saturated heterocycles. The lowest BCUT2D eigenvalue weighted by Gasteiger charge is -2.43. The van der Waals surface area contributed by atoms with E-state index in [1.807, 2.05) is 0 Å². The molecule has 3 atom stereocenters. The van der Waals surface area contributed by atoms with Crippen molar-refractivity contribution >= 4 is 35.6 Å². The number of nitrogens with one attached hydrogen (secondary N) is 1. The number of aliphatic hydroxyl groups is 1. The molecular weight excluding hydrogens is 402 g/mol. The molecular formula is C18H19N3O7S. The van der Waals surface area contributed by atoms with Crippen LogP contribution in [0.15, 0.2) is 40.9 Å². The lowest BCUT2D eigenvalue weighted by atomic mass is 9.92. The van der Waals surface area contributed by atoms with Crippen molar-refractivity contribution in [2.45, 2.75) is 18.4 Å². The summed E-state index contributed by atoms with van der Waals surface area (Å²) in [6, 6.07) is 8.36. The minimum atomic E-state index is -1.03. The van der Waals surface area contributed by atoms with Crippen LogP contribution < -0.4 is 11.1 Å². The Morgan fingerprint density at radius 3 is 2.59 bits per heavy atom. The zero-order valence-electron chi connectivity index (χ0n) is 15.4. The van der Waals surface area contributed by atoms with Crippen LogP contribution >= 0.6 is 11.8 Å². The number of nitrogens with zero attached hydrogens (tertiary/aromatic N) is 1. The van der Waals surface area contributed by atoms with Gasteiger partial charge in [0, 0.05) is 5.56 Å². The molecule has 0 radical (unpaired) electrons. The van der Waals surface area contributed by atoms with E-state index in [0.29, 0.717) is 5.56 Å². The van der Waals surface area contributed by atoms with E-state index in [2.05, 4.69) is 5.32 Å². The molecule has 2 aliphatic rings. The maximum Gasteiger partial charge on any atom is 0.404 e. The second kappa shape index (κ2) is 8.53. The Morgan fingerprint density at radius 1 is 1.28 bits per heavy atom. The van der Waals surface area contributed by atoms with Crippen LogP contribution in [-0.2, 0) is 19.1 Å². The molecule has 10 nitrogen and oxygen atoms in total. The van der Waals surface area contributed by atoms with Crippen LogP contribution in [0, 0.1) is 5.92 Å². The molecule has 1 fully saturated rings. The molecule has 11 heteroatoms.